The van der Waals surface area contributed by atoms with Crippen LogP contribution >= 0.6 is 0 Å². The number of furan rings is 1. The molecule has 0 radical (unpaired) electrons. The zero-order chi connectivity index (χ0) is 19.6. The van der Waals surface area contributed by atoms with Crippen molar-refractivity contribution in [1.82, 2.24) is 9.88 Å². The molecule has 8 nitrogen and oxygen atoms in total. The lowest BCUT2D eigenvalue weighted by Crippen LogP contribution is -2.33. The first-order valence-electron chi connectivity index (χ1n) is 8.20. The smallest absolute Gasteiger partial charge is 0.338 e. The second kappa shape index (κ2) is 7.36. The molecule has 0 atom stereocenters. The molecule has 0 aliphatic heterocycles. The summed E-state index contributed by atoms with van der Waals surface area (Å²) in [5, 5.41) is 5.21. The van der Waals surface area contributed by atoms with Crippen molar-refractivity contribution in [3.63, 3.8) is 0 Å². The molecular formula is C19H19N3O5. The topological polar surface area (TPSA) is 103 Å². The summed E-state index contributed by atoms with van der Waals surface area (Å²) < 4.78 is 11.7. The Morgan fingerprint density at radius 1 is 1.19 bits per heavy atom. The van der Waals surface area contributed by atoms with Gasteiger partial charge in [-0.2, -0.15) is 0 Å². The average molecular weight is 369 g/mol. The molecule has 0 saturated carbocycles. The van der Waals surface area contributed by atoms with Crippen LogP contribution in [-0.4, -0.2) is 36.0 Å². The fraction of sp³-hybridized carbons (Fsp3) is 0.211. The van der Waals surface area contributed by atoms with Gasteiger partial charge in [-0.15, -0.1) is 0 Å². The maximum Gasteiger partial charge on any atom is 0.338 e. The number of aromatic nitrogens is 1. The van der Waals surface area contributed by atoms with E-state index in [0.29, 0.717) is 22.5 Å². The molecule has 2 heterocycles. The monoisotopic (exact) mass is 369 g/mol. The minimum absolute atomic E-state index is 0.215. The quantitative estimate of drug-likeness (QED) is 0.672. The molecule has 0 aliphatic carbocycles. The van der Waals surface area contributed by atoms with E-state index < -0.39 is 17.8 Å². The zero-order valence-electron chi connectivity index (χ0n) is 15.2. The standard InChI is InChI=1S/C19H19N3O5/c1-11-4-5-12(8-13(11)19(25)26-3)21-17(23)10-20-18(24)15-9-16-14(22(15)2)6-7-27-16/h4-9H,10H2,1-3H3,(H,20,24)(H,21,23). The van der Waals surface area contributed by atoms with E-state index in [4.69, 9.17) is 9.15 Å². The molecule has 2 N–H and O–H groups in total. The highest BCUT2D eigenvalue weighted by Crippen LogP contribution is 2.19. The van der Waals surface area contributed by atoms with Crippen LogP contribution in [0.2, 0.25) is 0 Å². The predicted molar refractivity (Wildman–Crippen MR) is 98.7 cm³/mol. The summed E-state index contributed by atoms with van der Waals surface area (Å²) in [4.78, 5) is 36.2. The predicted octanol–water partition coefficient (Wildman–Crippen LogP) is 2.23. The normalized spacial score (nSPS) is 10.6. The number of anilines is 1. The third-order valence-corrected chi connectivity index (χ3v) is 4.23. The van der Waals surface area contributed by atoms with Crippen LogP contribution in [-0.2, 0) is 16.6 Å². The molecule has 3 rings (SSSR count). The van der Waals surface area contributed by atoms with Crippen molar-refractivity contribution >= 4 is 34.6 Å². The molecule has 0 aliphatic rings. The van der Waals surface area contributed by atoms with Gasteiger partial charge in [0.2, 0.25) is 5.91 Å². The van der Waals surface area contributed by atoms with Gasteiger partial charge in [0.25, 0.3) is 5.91 Å². The number of fused-ring (bicyclic) bond motifs is 1. The van der Waals surface area contributed by atoms with Gasteiger partial charge in [-0.05, 0) is 24.6 Å². The van der Waals surface area contributed by atoms with E-state index in [2.05, 4.69) is 10.6 Å². The van der Waals surface area contributed by atoms with Gasteiger partial charge in [0.1, 0.15) is 5.69 Å². The summed E-state index contributed by atoms with van der Waals surface area (Å²) >= 11 is 0. The highest BCUT2D eigenvalue weighted by atomic mass is 16.5. The summed E-state index contributed by atoms with van der Waals surface area (Å²) in [6, 6.07) is 8.29. The fourth-order valence-electron chi connectivity index (χ4n) is 2.75. The summed E-state index contributed by atoms with van der Waals surface area (Å²) in [6.07, 6.45) is 1.55. The Kier molecular flexibility index (Phi) is 4.98. The van der Waals surface area contributed by atoms with Crippen molar-refractivity contribution in [3.8, 4) is 0 Å². The molecule has 1 aromatic carbocycles. The number of carbonyl (C=O) groups excluding carboxylic acids is 3. The number of methoxy groups -OCH3 is 1. The third-order valence-electron chi connectivity index (χ3n) is 4.23. The second-order valence-corrected chi connectivity index (χ2v) is 6.01. The molecule has 27 heavy (non-hydrogen) atoms. The number of ether oxygens (including phenoxy) is 1. The van der Waals surface area contributed by atoms with Crippen LogP contribution in [0.25, 0.3) is 11.1 Å². The van der Waals surface area contributed by atoms with Crippen LogP contribution in [0.15, 0.2) is 41.0 Å². The number of nitrogens with zero attached hydrogens (tertiary/aromatic N) is 1. The van der Waals surface area contributed by atoms with Crippen molar-refractivity contribution in [2.24, 2.45) is 7.05 Å². The van der Waals surface area contributed by atoms with Crippen LogP contribution in [0.4, 0.5) is 5.69 Å². The summed E-state index contributed by atoms with van der Waals surface area (Å²) in [7, 11) is 3.04. The summed E-state index contributed by atoms with van der Waals surface area (Å²) in [5.41, 5.74) is 3.32. The summed E-state index contributed by atoms with van der Waals surface area (Å²) in [5.74, 6) is -1.29. The maximum atomic E-state index is 12.3. The number of carbonyl (C=O) groups is 3. The molecule has 2 aromatic heterocycles. The number of rotatable bonds is 5. The van der Waals surface area contributed by atoms with E-state index in [9.17, 15) is 14.4 Å². The number of aryl methyl sites for hydroxylation is 2. The van der Waals surface area contributed by atoms with E-state index in [-0.39, 0.29) is 6.54 Å². The first kappa shape index (κ1) is 18.2. The molecule has 0 unspecified atom stereocenters. The number of amides is 2. The van der Waals surface area contributed by atoms with Gasteiger partial charge < -0.3 is 24.4 Å². The van der Waals surface area contributed by atoms with Crippen LogP contribution in [0, 0.1) is 6.92 Å². The SMILES string of the molecule is COC(=O)c1cc(NC(=O)CNC(=O)c2cc3occc3n2C)ccc1C. The van der Waals surface area contributed by atoms with Gasteiger partial charge in [0.15, 0.2) is 5.58 Å². The Hall–Kier alpha value is -3.55. The van der Waals surface area contributed by atoms with Crippen molar-refractivity contribution in [3.05, 3.63) is 53.4 Å². The lowest BCUT2D eigenvalue weighted by atomic mass is 10.1. The molecular weight excluding hydrogens is 350 g/mol. The van der Waals surface area contributed by atoms with E-state index >= 15 is 0 Å². The van der Waals surface area contributed by atoms with Gasteiger partial charge in [0.05, 0.1) is 31.0 Å². The highest BCUT2D eigenvalue weighted by Gasteiger charge is 2.16. The van der Waals surface area contributed by atoms with Gasteiger partial charge in [-0.25, -0.2) is 4.79 Å². The van der Waals surface area contributed by atoms with E-state index in [1.165, 1.54) is 13.2 Å². The molecule has 140 valence electrons. The van der Waals surface area contributed by atoms with Crippen LogP contribution in [0.1, 0.15) is 26.4 Å². The Morgan fingerprint density at radius 3 is 2.67 bits per heavy atom. The third kappa shape index (κ3) is 3.69. The van der Waals surface area contributed by atoms with Crippen LogP contribution < -0.4 is 10.6 Å². The number of hydrogen-bond acceptors (Lipinski definition) is 5. The molecule has 8 heteroatoms. The van der Waals surface area contributed by atoms with Crippen molar-refractivity contribution in [2.75, 3.05) is 19.0 Å². The van der Waals surface area contributed by atoms with Crippen molar-refractivity contribution in [2.45, 2.75) is 6.92 Å². The number of nitrogens with one attached hydrogen (secondary N) is 2. The first-order chi connectivity index (χ1) is 12.9. The Balaban J connectivity index is 1.63. The van der Waals surface area contributed by atoms with E-state index in [1.54, 1.807) is 49.1 Å². The minimum Gasteiger partial charge on any atom is -0.465 e. The first-order valence-corrected chi connectivity index (χ1v) is 8.20. The van der Waals surface area contributed by atoms with Crippen molar-refractivity contribution < 1.29 is 23.5 Å². The van der Waals surface area contributed by atoms with Gasteiger partial charge in [0, 0.05) is 24.9 Å². The Morgan fingerprint density at radius 2 is 1.96 bits per heavy atom. The molecule has 0 saturated heterocycles. The number of hydrogen-bond donors (Lipinski definition) is 2. The van der Waals surface area contributed by atoms with Crippen LogP contribution in [0.3, 0.4) is 0 Å². The highest BCUT2D eigenvalue weighted by molar-refractivity contribution is 6.01. The van der Waals surface area contributed by atoms with Gasteiger partial charge >= 0.3 is 5.97 Å². The molecule has 0 fully saturated rings. The average Bonchev–Trinajstić information content (AvgIpc) is 3.24. The van der Waals surface area contributed by atoms with E-state index in [0.717, 1.165) is 11.1 Å². The van der Waals surface area contributed by atoms with Gasteiger partial charge in [-0.1, -0.05) is 6.07 Å². The number of benzene rings is 1. The fourth-order valence-corrected chi connectivity index (χ4v) is 2.75. The molecule has 0 bridgehead atoms. The van der Waals surface area contributed by atoms with Gasteiger partial charge in [-0.3, -0.25) is 9.59 Å². The van der Waals surface area contributed by atoms with Crippen molar-refractivity contribution in [1.29, 1.82) is 0 Å². The molecule has 0 spiro atoms. The zero-order valence-corrected chi connectivity index (χ0v) is 15.2. The van der Waals surface area contributed by atoms with E-state index in [1.807, 2.05) is 0 Å². The summed E-state index contributed by atoms with van der Waals surface area (Å²) in [6.45, 7) is 1.56. The second-order valence-electron chi connectivity index (χ2n) is 6.01. The lowest BCUT2D eigenvalue weighted by molar-refractivity contribution is -0.115. The van der Waals surface area contributed by atoms with Crippen LogP contribution in [0.5, 0.6) is 0 Å². The minimum atomic E-state index is -0.482. The maximum absolute atomic E-state index is 12.3. The Bertz CT molecular complexity index is 1030. The molecule has 3 aromatic rings. The Labute approximate surface area is 155 Å². The largest absolute Gasteiger partial charge is 0.465 e. The lowest BCUT2D eigenvalue weighted by Gasteiger charge is -2.10. The number of esters is 1. The molecule has 2 amide bonds.